The highest BCUT2D eigenvalue weighted by molar-refractivity contribution is 7.92. The van der Waals surface area contributed by atoms with E-state index in [0.29, 0.717) is 12.8 Å². The van der Waals surface area contributed by atoms with E-state index in [0.717, 1.165) is 30.5 Å². The van der Waals surface area contributed by atoms with Crippen LogP contribution in [0.2, 0.25) is 5.02 Å². The number of anilines is 1. The van der Waals surface area contributed by atoms with Gasteiger partial charge in [0.2, 0.25) is 0 Å². The third-order valence-electron chi connectivity index (χ3n) is 5.08. The number of aromatic hydroxyl groups is 1. The molecule has 0 bridgehead atoms. The van der Waals surface area contributed by atoms with Crippen molar-refractivity contribution >= 4 is 33.2 Å². The Morgan fingerprint density at radius 3 is 2.75 bits per heavy atom. The van der Waals surface area contributed by atoms with Gasteiger partial charge < -0.3 is 15.7 Å². The lowest BCUT2D eigenvalue weighted by Gasteiger charge is -2.25. The lowest BCUT2D eigenvalue weighted by atomic mass is 9.92. The first-order valence-electron chi connectivity index (χ1n) is 9.14. The van der Waals surface area contributed by atoms with Crippen molar-refractivity contribution in [3.63, 3.8) is 0 Å². The molecule has 2 aliphatic rings. The highest BCUT2D eigenvalue weighted by atomic mass is 35.5. The number of phenolic OH excluding ortho intramolecular Hbond substituents is 1. The van der Waals surface area contributed by atoms with Crippen LogP contribution in [0.4, 0.5) is 10.5 Å². The lowest BCUT2D eigenvalue weighted by molar-refractivity contribution is 0.246. The van der Waals surface area contributed by atoms with Crippen LogP contribution in [0.5, 0.6) is 5.75 Å². The Kier molecular flexibility index (Phi) is 4.93. The molecule has 1 unspecified atom stereocenters. The summed E-state index contributed by atoms with van der Waals surface area (Å²) < 4.78 is 25.1. The van der Waals surface area contributed by atoms with Gasteiger partial charge in [-0.3, -0.25) is 4.98 Å². The summed E-state index contributed by atoms with van der Waals surface area (Å²) in [7, 11) is -3.72. The Balaban J connectivity index is 1.55. The largest absolute Gasteiger partial charge is 0.504 e. The van der Waals surface area contributed by atoms with E-state index in [1.807, 2.05) is 12.1 Å². The second-order valence-electron chi connectivity index (χ2n) is 7.11. The molecule has 2 aliphatic carbocycles. The SMILES string of the molecule is O=C(Nc1ccc(Cl)c(S(=O)(=O)C2CC2)c1O)NC1CCCc2cccnc21. The van der Waals surface area contributed by atoms with E-state index >= 15 is 0 Å². The van der Waals surface area contributed by atoms with Crippen LogP contribution in [0.15, 0.2) is 35.4 Å². The normalized spacial score (nSPS) is 19.0. The maximum absolute atomic E-state index is 12.5. The zero-order valence-electron chi connectivity index (χ0n) is 15.0. The van der Waals surface area contributed by atoms with E-state index in [2.05, 4.69) is 15.6 Å². The highest BCUT2D eigenvalue weighted by Crippen LogP contribution is 2.43. The van der Waals surface area contributed by atoms with Crippen molar-refractivity contribution in [2.24, 2.45) is 0 Å². The number of phenols is 1. The monoisotopic (exact) mass is 421 g/mol. The Bertz CT molecular complexity index is 1040. The zero-order valence-corrected chi connectivity index (χ0v) is 16.6. The Labute approximate surface area is 168 Å². The van der Waals surface area contributed by atoms with Gasteiger partial charge in [-0.1, -0.05) is 17.7 Å². The van der Waals surface area contributed by atoms with Crippen LogP contribution in [0.1, 0.15) is 43.0 Å². The predicted octanol–water partition coefficient (Wildman–Crippen LogP) is 3.58. The first-order chi connectivity index (χ1) is 13.4. The molecule has 3 N–H and O–H groups in total. The average molecular weight is 422 g/mol. The van der Waals surface area contributed by atoms with Crippen LogP contribution in [0, 0.1) is 0 Å². The molecule has 1 aromatic heterocycles. The Morgan fingerprint density at radius 1 is 1.21 bits per heavy atom. The van der Waals surface area contributed by atoms with E-state index in [4.69, 9.17) is 11.6 Å². The van der Waals surface area contributed by atoms with E-state index in [-0.39, 0.29) is 21.6 Å². The van der Waals surface area contributed by atoms with Gasteiger partial charge >= 0.3 is 6.03 Å². The molecule has 28 heavy (non-hydrogen) atoms. The van der Waals surface area contributed by atoms with Crippen LogP contribution >= 0.6 is 11.6 Å². The highest BCUT2D eigenvalue weighted by Gasteiger charge is 2.40. The fourth-order valence-electron chi connectivity index (χ4n) is 3.53. The van der Waals surface area contributed by atoms with Gasteiger partial charge in [-0.25, -0.2) is 13.2 Å². The number of aromatic nitrogens is 1. The van der Waals surface area contributed by atoms with Crippen LogP contribution in [-0.2, 0) is 16.3 Å². The summed E-state index contributed by atoms with van der Waals surface area (Å²) >= 11 is 6.03. The van der Waals surface area contributed by atoms with Crippen molar-refractivity contribution in [2.75, 3.05) is 5.32 Å². The Morgan fingerprint density at radius 2 is 2.00 bits per heavy atom. The van der Waals surface area contributed by atoms with Crippen molar-refractivity contribution < 1.29 is 18.3 Å². The number of amides is 2. The first-order valence-corrected chi connectivity index (χ1v) is 11.1. The van der Waals surface area contributed by atoms with E-state index < -0.39 is 26.9 Å². The minimum Gasteiger partial charge on any atom is -0.504 e. The number of urea groups is 1. The molecule has 1 aromatic carbocycles. The maximum atomic E-state index is 12.5. The third kappa shape index (κ3) is 3.54. The molecule has 1 fully saturated rings. The molecule has 0 aliphatic heterocycles. The summed E-state index contributed by atoms with van der Waals surface area (Å²) in [4.78, 5) is 16.5. The average Bonchev–Trinajstić information content (AvgIpc) is 3.50. The molecule has 2 aromatic rings. The molecule has 1 heterocycles. The molecule has 1 saturated carbocycles. The molecule has 1 atom stereocenters. The number of carbonyl (C=O) groups is 1. The molecular formula is C19H20ClN3O4S. The number of fused-ring (bicyclic) bond motifs is 1. The Hall–Kier alpha value is -2.32. The van der Waals surface area contributed by atoms with Gasteiger partial charge in [0.15, 0.2) is 15.6 Å². The molecule has 2 amide bonds. The summed E-state index contributed by atoms with van der Waals surface area (Å²) in [6.45, 7) is 0. The van der Waals surface area contributed by atoms with Crippen molar-refractivity contribution in [1.82, 2.24) is 10.3 Å². The summed E-state index contributed by atoms with van der Waals surface area (Å²) in [6, 6.07) is 5.83. The first kappa shape index (κ1) is 19.0. The number of aryl methyl sites for hydroxylation is 1. The smallest absolute Gasteiger partial charge is 0.319 e. The molecular weight excluding hydrogens is 402 g/mol. The van der Waals surface area contributed by atoms with Gasteiger partial charge in [-0.05, 0) is 55.9 Å². The van der Waals surface area contributed by atoms with Crippen molar-refractivity contribution in [2.45, 2.75) is 48.3 Å². The number of hydrogen-bond donors (Lipinski definition) is 3. The number of rotatable bonds is 4. The zero-order chi connectivity index (χ0) is 19.9. The number of nitrogens with zero attached hydrogens (tertiary/aromatic N) is 1. The third-order valence-corrected chi connectivity index (χ3v) is 7.84. The summed E-state index contributed by atoms with van der Waals surface area (Å²) in [5.41, 5.74) is 1.94. The number of pyridine rings is 1. The van der Waals surface area contributed by atoms with E-state index in [1.54, 1.807) is 6.20 Å². The maximum Gasteiger partial charge on any atom is 0.319 e. The molecule has 0 spiro atoms. The summed E-state index contributed by atoms with van der Waals surface area (Å²) in [5.74, 6) is -0.531. The quantitative estimate of drug-likeness (QED) is 0.654. The fraction of sp³-hybridized carbons (Fsp3) is 0.368. The number of hydrogen-bond acceptors (Lipinski definition) is 5. The number of nitrogens with one attached hydrogen (secondary N) is 2. The van der Waals surface area contributed by atoms with Gasteiger partial charge in [0.25, 0.3) is 0 Å². The van der Waals surface area contributed by atoms with E-state index in [1.165, 1.54) is 12.1 Å². The molecule has 4 rings (SSSR count). The van der Waals surface area contributed by atoms with Gasteiger partial charge in [0.05, 0.1) is 27.7 Å². The van der Waals surface area contributed by atoms with E-state index in [9.17, 15) is 18.3 Å². The van der Waals surface area contributed by atoms with Crippen LogP contribution in [0.3, 0.4) is 0 Å². The molecule has 0 radical (unpaired) electrons. The minimum atomic E-state index is -3.72. The van der Waals surface area contributed by atoms with Crippen LogP contribution in [-0.4, -0.2) is 29.8 Å². The van der Waals surface area contributed by atoms with Gasteiger partial charge in [0.1, 0.15) is 4.90 Å². The van der Waals surface area contributed by atoms with Crippen molar-refractivity contribution in [3.8, 4) is 5.75 Å². The summed E-state index contributed by atoms with van der Waals surface area (Å²) in [5, 5.41) is 15.3. The molecule has 7 nitrogen and oxygen atoms in total. The lowest BCUT2D eigenvalue weighted by Crippen LogP contribution is -2.35. The topological polar surface area (TPSA) is 108 Å². The number of carbonyl (C=O) groups excluding carboxylic acids is 1. The fourth-order valence-corrected chi connectivity index (χ4v) is 5.81. The number of benzene rings is 1. The second-order valence-corrected chi connectivity index (χ2v) is 9.68. The summed E-state index contributed by atoms with van der Waals surface area (Å²) in [6.07, 6.45) is 5.39. The van der Waals surface area contributed by atoms with Gasteiger partial charge in [-0.15, -0.1) is 0 Å². The predicted molar refractivity (Wildman–Crippen MR) is 105 cm³/mol. The number of sulfone groups is 1. The number of halogens is 1. The van der Waals surface area contributed by atoms with Gasteiger partial charge in [-0.2, -0.15) is 0 Å². The second kappa shape index (κ2) is 7.25. The molecule has 148 valence electrons. The van der Waals surface area contributed by atoms with Gasteiger partial charge in [0, 0.05) is 6.20 Å². The van der Waals surface area contributed by atoms with Crippen LogP contribution < -0.4 is 10.6 Å². The minimum absolute atomic E-state index is 0.00169. The molecule has 9 heteroatoms. The van der Waals surface area contributed by atoms with Crippen molar-refractivity contribution in [1.29, 1.82) is 0 Å². The van der Waals surface area contributed by atoms with Crippen LogP contribution in [0.25, 0.3) is 0 Å². The standard InChI is InChI=1S/C19H20ClN3O4S/c20-13-8-9-15(17(24)18(13)28(26,27)12-6-7-12)23-19(25)22-14-5-1-3-11-4-2-10-21-16(11)14/h2,4,8-10,12,14,24H,1,3,5-7H2,(H2,22,23,25). The van der Waals surface area contributed by atoms with Crippen molar-refractivity contribution in [3.05, 3.63) is 46.7 Å². The molecule has 0 saturated heterocycles.